The minimum Gasteiger partial charge on any atom is -0.333 e. The van der Waals surface area contributed by atoms with Crippen molar-refractivity contribution < 1.29 is 13.6 Å². The van der Waals surface area contributed by atoms with Gasteiger partial charge in [0.1, 0.15) is 0 Å². The third-order valence-electron chi connectivity index (χ3n) is 3.02. The summed E-state index contributed by atoms with van der Waals surface area (Å²) in [4.78, 5) is 14.7. The Labute approximate surface area is 95.4 Å². The highest BCUT2D eigenvalue weighted by molar-refractivity contribution is 5.79. The molecule has 0 aromatic rings. The summed E-state index contributed by atoms with van der Waals surface area (Å²) in [6.07, 6.45) is 0.944. The molecule has 0 aromatic carbocycles. The largest absolute Gasteiger partial charge is 0.333 e. The van der Waals surface area contributed by atoms with Gasteiger partial charge in [-0.1, -0.05) is 12.8 Å². The second-order valence-electron chi connectivity index (χ2n) is 4.57. The van der Waals surface area contributed by atoms with E-state index in [9.17, 15) is 13.6 Å². The molecule has 3 nitrogen and oxygen atoms in total. The minimum absolute atomic E-state index is 0.0291. The zero-order chi connectivity index (χ0) is 12.1. The van der Waals surface area contributed by atoms with Crippen LogP contribution in [-0.4, -0.2) is 55.4 Å². The highest BCUT2D eigenvalue weighted by Crippen LogP contribution is 2.24. The van der Waals surface area contributed by atoms with Gasteiger partial charge >= 0.3 is 6.43 Å². The van der Waals surface area contributed by atoms with E-state index in [1.807, 2.05) is 19.0 Å². The highest BCUT2D eigenvalue weighted by Gasteiger charge is 2.30. The summed E-state index contributed by atoms with van der Waals surface area (Å²) in [5, 5.41) is 0. The van der Waals surface area contributed by atoms with Gasteiger partial charge in [-0.15, -0.1) is 0 Å². The summed E-state index contributed by atoms with van der Waals surface area (Å²) < 4.78 is 24.9. The minimum atomic E-state index is -2.87. The predicted molar refractivity (Wildman–Crippen MR) is 58.5 cm³/mol. The van der Waals surface area contributed by atoms with E-state index >= 15 is 0 Å². The van der Waals surface area contributed by atoms with E-state index in [4.69, 9.17) is 0 Å². The maximum absolute atomic E-state index is 12.5. The lowest BCUT2D eigenvalue weighted by molar-refractivity contribution is -0.145. The second-order valence-corrected chi connectivity index (χ2v) is 4.57. The molecule has 0 heterocycles. The van der Waals surface area contributed by atoms with Crippen LogP contribution in [0, 0.1) is 0 Å². The van der Waals surface area contributed by atoms with Crippen LogP contribution in [0.15, 0.2) is 0 Å². The fourth-order valence-corrected chi connectivity index (χ4v) is 2.12. The van der Waals surface area contributed by atoms with Crippen LogP contribution in [0.4, 0.5) is 8.78 Å². The van der Waals surface area contributed by atoms with Crippen LogP contribution in [0.1, 0.15) is 25.7 Å². The lowest BCUT2D eigenvalue weighted by atomic mass is 10.2. The Morgan fingerprint density at radius 3 is 2.25 bits per heavy atom. The number of halogens is 2. The van der Waals surface area contributed by atoms with Crippen LogP contribution in [0.25, 0.3) is 0 Å². The highest BCUT2D eigenvalue weighted by atomic mass is 19.3. The van der Waals surface area contributed by atoms with E-state index in [0.29, 0.717) is 13.1 Å². The van der Waals surface area contributed by atoms with Crippen molar-refractivity contribution in [3.05, 3.63) is 0 Å². The zero-order valence-electron chi connectivity index (χ0n) is 9.96. The van der Waals surface area contributed by atoms with E-state index in [-0.39, 0.29) is 6.04 Å². The molecule has 1 aliphatic carbocycles. The SMILES string of the molecule is CN(C)CCN(C(=O)C(F)F)C1CCCC1. The van der Waals surface area contributed by atoms with Crippen LogP contribution in [0.2, 0.25) is 0 Å². The Hall–Kier alpha value is -0.710. The third-order valence-corrected chi connectivity index (χ3v) is 3.02. The van der Waals surface area contributed by atoms with Crippen molar-refractivity contribution in [1.82, 2.24) is 9.80 Å². The third kappa shape index (κ3) is 3.70. The first-order valence-electron chi connectivity index (χ1n) is 5.75. The van der Waals surface area contributed by atoms with E-state index in [2.05, 4.69) is 0 Å². The van der Waals surface area contributed by atoms with Gasteiger partial charge in [-0.05, 0) is 26.9 Å². The lowest BCUT2D eigenvalue weighted by Crippen LogP contribution is -2.45. The summed E-state index contributed by atoms with van der Waals surface area (Å²) in [5.41, 5.74) is 0. The van der Waals surface area contributed by atoms with E-state index in [1.165, 1.54) is 4.90 Å². The number of amides is 1. The van der Waals surface area contributed by atoms with Crippen molar-refractivity contribution in [2.24, 2.45) is 0 Å². The van der Waals surface area contributed by atoms with Crippen LogP contribution in [-0.2, 0) is 4.79 Å². The Morgan fingerprint density at radius 1 is 1.25 bits per heavy atom. The smallest absolute Gasteiger partial charge is 0.315 e. The predicted octanol–water partition coefficient (Wildman–Crippen LogP) is 1.58. The number of hydrogen-bond donors (Lipinski definition) is 0. The molecule has 94 valence electrons. The van der Waals surface area contributed by atoms with Crippen molar-refractivity contribution in [2.45, 2.75) is 38.2 Å². The van der Waals surface area contributed by atoms with Crippen molar-refractivity contribution in [1.29, 1.82) is 0 Å². The molecule has 0 unspecified atom stereocenters. The van der Waals surface area contributed by atoms with Gasteiger partial charge in [-0.25, -0.2) is 0 Å². The molecule has 0 aromatic heterocycles. The first kappa shape index (κ1) is 13.4. The fraction of sp³-hybridized carbons (Fsp3) is 0.909. The molecule has 1 saturated carbocycles. The standard InChI is InChI=1S/C11H20F2N2O/c1-14(2)7-8-15(11(16)10(12)13)9-5-3-4-6-9/h9-10H,3-8H2,1-2H3. The fourth-order valence-electron chi connectivity index (χ4n) is 2.12. The number of carbonyl (C=O) groups excluding carboxylic acids is 1. The Bertz CT molecular complexity index is 228. The van der Waals surface area contributed by atoms with Crippen LogP contribution >= 0.6 is 0 Å². The average molecular weight is 234 g/mol. The molecule has 5 heteroatoms. The molecule has 0 radical (unpaired) electrons. The summed E-state index contributed by atoms with van der Waals surface area (Å²) in [6.45, 7) is 1.04. The number of alkyl halides is 2. The molecule has 0 saturated heterocycles. The van der Waals surface area contributed by atoms with Gasteiger partial charge in [0.15, 0.2) is 0 Å². The molecule has 0 bridgehead atoms. The van der Waals surface area contributed by atoms with E-state index < -0.39 is 12.3 Å². The van der Waals surface area contributed by atoms with Gasteiger partial charge in [0.05, 0.1) is 0 Å². The van der Waals surface area contributed by atoms with Gasteiger partial charge in [0.25, 0.3) is 5.91 Å². The number of nitrogens with zero attached hydrogens (tertiary/aromatic N) is 2. The maximum Gasteiger partial charge on any atom is 0.315 e. The van der Waals surface area contributed by atoms with Gasteiger partial charge in [0.2, 0.25) is 0 Å². The summed E-state index contributed by atoms with van der Waals surface area (Å²) in [7, 11) is 3.75. The van der Waals surface area contributed by atoms with Crippen molar-refractivity contribution in [3.8, 4) is 0 Å². The molecule has 1 fully saturated rings. The summed E-state index contributed by atoms with van der Waals surface area (Å²) in [6, 6.07) is 0.0291. The monoisotopic (exact) mass is 234 g/mol. The molecule has 1 aliphatic rings. The molecule has 0 aliphatic heterocycles. The first-order chi connectivity index (χ1) is 7.52. The number of likely N-dealkylation sites (N-methyl/N-ethyl adjacent to an activating group) is 1. The van der Waals surface area contributed by atoms with Crippen LogP contribution in [0.5, 0.6) is 0 Å². The number of hydrogen-bond acceptors (Lipinski definition) is 2. The molecular formula is C11H20F2N2O. The normalized spacial score (nSPS) is 17.4. The molecular weight excluding hydrogens is 214 g/mol. The molecule has 16 heavy (non-hydrogen) atoms. The number of rotatable bonds is 5. The van der Waals surface area contributed by atoms with Crippen molar-refractivity contribution in [2.75, 3.05) is 27.2 Å². The van der Waals surface area contributed by atoms with Gasteiger partial charge < -0.3 is 9.80 Å². The van der Waals surface area contributed by atoms with Gasteiger partial charge in [0, 0.05) is 19.1 Å². The summed E-state index contributed by atoms with van der Waals surface area (Å²) in [5.74, 6) is -1.01. The Kier molecular flexibility index (Phi) is 5.12. The second kappa shape index (κ2) is 6.13. The molecule has 0 spiro atoms. The van der Waals surface area contributed by atoms with Crippen LogP contribution in [0.3, 0.4) is 0 Å². The zero-order valence-corrected chi connectivity index (χ0v) is 9.96. The molecule has 1 rings (SSSR count). The number of carbonyl (C=O) groups is 1. The summed E-state index contributed by atoms with van der Waals surface area (Å²) >= 11 is 0. The Balaban J connectivity index is 2.56. The van der Waals surface area contributed by atoms with Gasteiger partial charge in [-0.2, -0.15) is 8.78 Å². The van der Waals surface area contributed by atoms with E-state index in [1.54, 1.807) is 0 Å². The van der Waals surface area contributed by atoms with Crippen molar-refractivity contribution in [3.63, 3.8) is 0 Å². The van der Waals surface area contributed by atoms with Crippen molar-refractivity contribution >= 4 is 5.91 Å². The molecule has 1 amide bonds. The first-order valence-corrected chi connectivity index (χ1v) is 5.75. The van der Waals surface area contributed by atoms with E-state index in [0.717, 1.165) is 25.7 Å². The van der Waals surface area contributed by atoms with Gasteiger partial charge in [-0.3, -0.25) is 4.79 Å². The topological polar surface area (TPSA) is 23.6 Å². The quantitative estimate of drug-likeness (QED) is 0.721. The maximum atomic E-state index is 12.5. The van der Waals surface area contributed by atoms with Crippen LogP contribution < -0.4 is 0 Å². The Morgan fingerprint density at radius 2 is 1.81 bits per heavy atom. The molecule has 0 atom stereocenters. The molecule has 0 N–H and O–H groups in total. The lowest BCUT2D eigenvalue weighted by Gasteiger charge is -2.29. The average Bonchev–Trinajstić information content (AvgIpc) is 2.70.